The number of alkyl halides is 2. The lowest BCUT2D eigenvalue weighted by molar-refractivity contribution is -0.0498. The molecule has 1 N–H and O–H groups in total. The van der Waals surface area contributed by atoms with Gasteiger partial charge in [-0.05, 0) is 29.8 Å². The van der Waals surface area contributed by atoms with Crippen LogP contribution < -0.4 is 10.1 Å². The number of carbonyl (C=O) groups is 1. The molecule has 0 spiro atoms. The van der Waals surface area contributed by atoms with E-state index in [9.17, 15) is 13.6 Å². The van der Waals surface area contributed by atoms with Crippen molar-refractivity contribution in [2.75, 3.05) is 0 Å². The summed E-state index contributed by atoms with van der Waals surface area (Å²) in [6.45, 7) is -2.90. The van der Waals surface area contributed by atoms with Gasteiger partial charge in [0.15, 0.2) is 0 Å². The largest absolute Gasteiger partial charge is 0.435 e. The van der Waals surface area contributed by atoms with E-state index < -0.39 is 12.7 Å². The fraction of sp³-hybridized carbons (Fsp3) is 0.158. The zero-order valence-corrected chi connectivity index (χ0v) is 14.0. The molecule has 3 aromatic rings. The fourth-order valence-corrected chi connectivity index (χ4v) is 2.60. The van der Waals surface area contributed by atoms with Crippen LogP contribution in [-0.2, 0) is 7.05 Å². The van der Waals surface area contributed by atoms with Crippen LogP contribution in [-0.4, -0.2) is 22.1 Å². The van der Waals surface area contributed by atoms with E-state index in [1.165, 1.54) is 24.3 Å². The zero-order chi connectivity index (χ0) is 18.5. The van der Waals surface area contributed by atoms with E-state index >= 15 is 0 Å². The highest BCUT2D eigenvalue weighted by Gasteiger charge is 2.21. The second-order valence-corrected chi connectivity index (χ2v) is 5.62. The predicted molar refractivity (Wildman–Crippen MR) is 92.0 cm³/mol. The number of halogens is 2. The lowest BCUT2D eigenvalue weighted by Crippen LogP contribution is -2.31. The first-order valence-corrected chi connectivity index (χ1v) is 7.92. The maximum atomic E-state index is 12.6. The summed E-state index contributed by atoms with van der Waals surface area (Å²) in [5.41, 5.74) is 1.22. The molecule has 3 rings (SSSR count). The van der Waals surface area contributed by atoms with Crippen molar-refractivity contribution in [1.29, 1.82) is 0 Å². The van der Waals surface area contributed by atoms with Crippen LogP contribution >= 0.6 is 0 Å². The average molecular weight is 357 g/mol. The number of hydrogen-bond acceptors (Lipinski definition) is 3. The highest BCUT2D eigenvalue weighted by molar-refractivity contribution is 5.94. The molecule has 0 saturated carbocycles. The molecule has 1 atom stereocenters. The molecule has 0 aliphatic heterocycles. The first-order chi connectivity index (χ1) is 12.5. The number of nitrogens with one attached hydrogen (secondary N) is 1. The Balaban J connectivity index is 1.83. The number of nitrogens with zero attached hydrogens (tertiary/aromatic N) is 2. The van der Waals surface area contributed by atoms with E-state index in [0.29, 0.717) is 11.4 Å². The summed E-state index contributed by atoms with van der Waals surface area (Å²) in [6, 6.07) is 14.6. The van der Waals surface area contributed by atoms with Gasteiger partial charge in [-0.25, -0.2) is 4.98 Å². The molecule has 0 unspecified atom stereocenters. The zero-order valence-electron chi connectivity index (χ0n) is 14.0. The van der Waals surface area contributed by atoms with Crippen LogP contribution in [0.15, 0.2) is 67.0 Å². The van der Waals surface area contributed by atoms with Gasteiger partial charge in [-0.3, -0.25) is 4.79 Å². The summed E-state index contributed by atoms with van der Waals surface area (Å²) >= 11 is 0. The van der Waals surface area contributed by atoms with Gasteiger partial charge in [0.2, 0.25) is 0 Å². The Kier molecular flexibility index (Phi) is 5.26. The lowest BCUT2D eigenvalue weighted by Gasteiger charge is -2.19. The lowest BCUT2D eigenvalue weighted by atomic mass is 10.1. The maximum Gasteiger partial charge on any atom is 0.387 e. The average Bonchev–Trinajstić information content (AvgIpc) is 3.06. The molecule has 1 amide bonds. The third-order valence-corrected chi connectivity index (χ3v) is 3.87. The van der Waals surface area contributed by atoms with Crippen molar-refractivity contribution in [1.82, 2.24) is 14.9 Å². The Bertz CT molecular complexity index is 864. The van der Waals surface area contributed by atoms with Crippen LogP contribution in [0.3, 0.4) is 0 Å². The summed E-state index contributed by atoms with van der Waals surface area (Å²) in [5, 5.41) is 2.94. The van der Waals surface area contributed by atoms with Crippen molar-refractivity contribution in [3.05, 3.63) is 83.9 Å². The number of hydrogen-bond donors (Lipinski definition) is 1. The van der Waals surface area contributed by atoms with Gasteiger partial charge in [0, 0.05) is 25.0 Å². The quantitative estimate of drug-likeness (QED) is 0.734. The van der Waals surface area contributed by atoms with Gasteiger partial charge in [-0.15, -0.1) is 0 Å². The van der Waals surface area contributed by atoms with Gasteiger partial charge >= 0.3 is 6.61 Å². The molecule has 1 aromatic heterocycles. The first-order valence-electron chi connectivity index (χ1n) is 7.92. The first kappa shape index (κ1) is 17.6. The summed E-state index contributed by atoms with van der Waals surface area (Å²) in [6.07, 6.45) is 3.46. The molecule has 2 aromatic carbocycles. The Morgan fingerprint density at radius 1 is 1.12 bits per heavy atom. The smallest absolute Gasteiger partial charge is 0.387 e. The topological polar surface area (TPSA) is 56.2 Å². The van der Waals surface area contributed by atoms with E-state index in [1.807, 2.05) is 41.9 Å². The third-order valence-electron chi connectivity index (χ3n) is 3.87. The number of rotatable bonds is 6. The number of aryl methyl sites for hydroxylation is 1. The molecule has 5 nitrogen and oxygen atoms in total. The van der Waals surface area contributed by atoms with Gasteiger partial charge < -0.3 is 14.6 Å². The Labute approximate surface area is 149 Å². The number of carbonyl (C=O) groups excluding carboxylic acids is 1. The third kappa shape index (κ3) is 4.05. The standard InChI is InChI=1S/C19H17F2N3O2/c1-24-12-11-22-17(24)16(13-5-3-2-4-6-13)23-18(25)14-7-9-15(10-8-14)26-19(20)21/h2-12,16,19H,1H3,(H,23,25)/t16-/m1/s1. The normalized spacial score (nSPS) is 12.0. The van der Waals surface area contributed by atoms with Gasteiger partial charge in [-0.1, -0.05) is 30.3 Å². The molecule has 0 saturated heterocycles. The predicted octanol–water partition coefficient (Wildman–Crippen LogP) is 3.54. The highest BCUT2D eigenvalue weighted by atomic mass is 19.3. The molecule has 0 bridgehead atoms. The van der Waals surface area contributed by atoms with Crippen LogP contribution in [0.5, 0.6) is 5.75 Å². The van der Waals surface area contributed by atoms with Gasteiger partial charge in [0.05, 0.1) is 0 Å². The van der Waals surface area contributed by atoms with Crippen LogP contribution in [0.25, 0.3) is 0 Å². The molecule has 7 heteroatoms. The molecule has 0 aliphatic carbocycles. The molecule has 1 heterocycles. The maximum absolute atomic E-state index is 12.6. The van der Waals surface area contributed by atoms with Crippen molar-refractivity contribution in [2.24, 2.45) is 7.05 Å². The number of ether oxygens (including phenoxy) is 1. The fourth-order valence-electron chi connectivity index (χ4n) is 2.60. The number of benzene rings is 2. The summed E-state index contributed by atoms with van der Waals surface area (Å²) in [5.74, 6) is 0.341. The Hall–Kier alpha value is -3.22. The second kappa shape index (κ2) is 7.77. The monoisotopic (exact) mass is 357 g/mol. The van der Waals surface area contributed by atoms with E-state index in [1.54, 1.807) is 12.4 Å². The van der Waals surface area contributed by atoms with Crippen molar-refractivity contribution < 1.29 is 18.3 Å². The minimum absolute atomic E-state index is 0.000241. The van der Waals surface area contributed by atoms with Crippen LogP contribution in [0, 0.1) is 0 Å². The highest BCUT2D eigenvalue weighted by Crippen LogP contribution is 2.21. The molecule has 134 valence electrons. The molecular formula is C19H17F2N3O2. The molecule has 26 heavy (non-hydrogen) atoms. The van der Waals surface area contributed by atoms with E-state index in [4.69, 9.17) is 0 Å². The van der Waals surface area contributed by atoms with Crippen molar-refractivity contribution in [2.45, 2.75) is 12.7 Å². The van der Waals surface area contributed by atoms with Gasteiger partial charge in [0.1, 0.15) is 17.6 Å². The molecular weight excluding hydrogens is 340 g/mol. The van der Waals surface area contributed by atoms with Crippen molar-refractivity contribution >= 4 is 5.91 Å². The minimum atomic E-state index is -2.90. The van der Waals surface area contributed by atoms with Gasteiger partial charge in [-0.2, -0.15) is 8.78 Å². The SMILES string of the molecule is Cn1ccnc1[C@H](NC(=O)c1ccc(OC(F)F)cc1)c1ccccc1. The van der Waals surface area contributed by atoms with Crippen LogP contribution in [0.2, 0.25) is 0 Å². The molecule has 0 aliphatic rings. The van der Waals surface area contributed by atoms with Gasteiger partial charge in [0.25, 0.3) is 5.91 Å². The van der Waals surface area contributed by atoms with E-state index in [0.717, 1.165) is 5.56 Å². The van der Waals surface area contributed by atoms with E-state index in [-0.39, 0.29) is 11.7 Å². The summed E-state index contributed by atoms with van der Waals surface area (Å²) in [4.78, 5) is 17.0. The summed E-state index contributed by atoms with van der Waals surface area (Å²) in [7, 11) is 1.85. The van der Waals surface area contributed by atoms with Crippen LogP contribution in [0.4, 0.5) is 8.78 Å². The van der Waals surface area contributed by atoms with Crippen LogP contribution in [0.1, 0.15) is 27.8 Å². The Morgan fingerprint density at radius 3 is 2.38 bits per heavy atom. The number of imidazole rings is 1. The molecule has 0 radical (unpaired) electrons. The molecule has 0 fully saturated rings. The minimum Gasteiger partial charge on any atom is -0.435 e. The second-order valence-electron chi connectivity index (χ2n) is 5.62. The van der Waals surface area contributed by atoms with E-state index in [2.05, 4.69) is 15.0 Å². The number of amides is 1. The van der Waals surface area contributed by atoms with Crippen molar-refractivity contribution in [3.63, 3.8) is 0 Å². The number of aromatic nitrogens is 2. The Morgan fingerprint density at radius 2 is 1.81 bits per heavy atom. The summed E-state index contributed by atoms with van der Waals surface area (Å²) < 4.78 is 30.6. The van der Waals surface area contributed by atoms with Crippen molar-refractivity contribution in [3.8, 4) is 5.75 Å².